The van der Waals surface area contributed by atoms with E-state index in [1.54, 1.807) is 12.1 Å². The third-order valence-corrected chi connectivity index (χ3v) is 8.06. The third kappa shape index (κ3) is 5.79. The van der Waals surface area contributed by atoms with Crippen LogP contribution in [0.5, 0.6) is 5.88 Å². The minimum Gasteiger partial charge on any atom is -0.481 e. The molecule has 0 bridgehead atoms. The average Bonchev–Trinajstić information content (AvgIpc) is 3.53. The van der Waals surface area contributed by atoms with Gasteiger partial charge in [0.1, 0.15) is 10.3 Å². The number of nitrogens with one attached hydrogen (secondary N) is 1. The molecule has 3 heterocycles. The number of sulfonamides is 1. The summed E-state index contributed by atoms with van der Waals surface area (Å²) < 4.78 is 36.8. The molecule has 1 aliphatic rings. The van der Waals surface area contributed by atoms with Crippen LogP contribution in [-0.4, -0.2) is 86.0 Å². The summed E-state index contributed by atoms with van der Waals surface area (Å²) in [5, 5.41) is 16.2. The fourth-order valence-electron chi connectivity index (χ4n) is 3.30. The van der Waals surface area contributed by atoms with Crippen LogP contribution in [0, 0.1) is 0 Å². The van der Waals surface area contributed by atoms with Crippen molar-refractivity contribution in [1.29, 1.82) is 0 Å². The number of likely N-dealkylation sites (N-methyl/N-ethyl adjacent to an activating group) is 1. The van der Waals surface area contributed by atoms with Crippen molar-refractivity contribution in [2.75, 3.05) is 45.8 Å². The summed E-state index contributed by atoms with van der Waals surface area (Å²) in [6.07, 6.45) is 0.344. The molecule has 1 fully saturated rings. The Morgan fingerprint density at radius 3 is 2.72 bits per heavy atom. The van der Waals surface area contributed by atoms with E-state index in [2.05, 4.69) is 20.4 Å². The number of anilines is 1. The molecule has 0 saturated carbocycles. The Balaban J connectivity index is 1.60. The molecule has 1 atom stereocenters. The monoisotopic (exact) mass is 535 g/mol. The van der Waals surface area contributed by atoms with E-state index in [0.717, 1.165) is 4.31 Å². The van der Waals surface area contributed by atoms with Gasteiger partial charge in [0.15, 0.2) is 16.9 Å². The van der Waals surface area contributed by atoms with E-state index in [0.29, 0.717) is 46.6 Å². The molecule has 1 aliphatic heterocycles. The maximum atomic E-state index is 13.2. The topological polar surface area (TPSA) is 153 Å². The van der Waals surface area contributed by atoms with Crippen molar-refractivity contribution in [1.82, 2.24) is 14.3 Å². The van der Waals surface area contributed by atoms with E-state index < -0.39 is 15.9 Å². The van der Waals surface area contributed by atoms with Crippen LogP contribution >= 0.6 is 11.3 Å². The summed E-state index contributed by atoms with van der Waals surface area (Å²) in [6, 6.07) is 9.08. The van der Waals surface area contributed by atoms with Gasteiger partial charge < -0.3 is 19.4 Å². The second kappa shape index (κ2) is 11.3. The zero-order chi connectivity index (χ0) is 25.7. The molecule has 1 amide bonds. The Bertz CT molecular complexity index is 1350. The quantitative estimate of drug-likeness (QED) is 0.290. The van der Waals surface area contributed by atoms with Gasteiger partial charge >= 0.3 is 0 Å². The Morgan fingerprint density at radius 1 is 1.28 bits per heavy atom. The highest BCUT2D eigenvalue weighted by molar-refractivity contribution is 7.89. The normalized spacial score (nSPS) is 16.4. The minimum absolute atomic E-state index is 0.0123. The Labute approximate surface area is 211 Å². The fourth-order valence-corrected chi connectivity index (χ4v) is 5.28. The number of thiazole rings is 1. The number of carbonyl (C=O) groups excluding carboxylic acids is 1. The van der Waals surface area contributed by atoms with Crippen molar-refractivity contribution in [2.45, 2.75) is 17.4 Å². The Kier molecular flexibility index (Phi) is 8.11. The lowest BCUT2D eigenvalue weighted by atomic mass is 10.1. The molecule has 14 heteroatoms. The lowest BCUT2D eigenvalue weighted by Gasteiger charge is -2.16. The van der Waals surface area contributed by atoms with Gasteiger partial charge in [0.2, 0.25) is 15.9 Å². The smallest absolute Gasteiger partial charge is 0.280 e. The summed E-state index contributed by atoms with van der Waals surface area (Å²) in [6.45, 7) is 0.552. The maximum Gasteiger partial charge on any atom is 0.280 e. The van der Waals surface area contributed by atoms with E-state index >= 15 is 0 Å². The largest absolute Gasteiger partial charge is 0.481 e. The number of aromatic nitrogens is 2. The summed E-state index contributed by atoms with van der Waals surface area (Å²) in [7, 11) is -0.913. The number of amides is 1. The molecule has 1 saturated heterocycles. The molecule has 4 rings (SSSR count). The summed E-state index contributed by atoms with van der Waals surface area (Å²) in [5.74, 6) is -0.161. The number of oxime groups is 1. The van der Waals surface area contributed by atoms with Gasteiger partial charge in [0.05, 0.1) is 31.8 Å². The van der Waals surface area contributed by atoms with Crippen LogP contribution in [0.3, 0.4) is 0 Å². The first-order valence-electron chi connectivity index (χ1n) is 10.9. The van der Waals surface area contributed by atoms with Crippen molar-refractivity contribution in [3.05, 3.63) is 42.0 Å². The molecule has 36 heavy (non-hydrogen) atoms. The Hall–Kier alpha value is -3.17. The zero-order valence-electron chi connectivity index (χ0n) is 19.6. The number of rotatable bonds is 10. The standard InChI is InChI=1S/C22H25N5O7S2/c1-27(10-11-28)36(30,31)16-5-3-14(4-6-16)19(26-34-15-9-12-33-13-15)20(29)25-22-23-17-7-8-18(32-2)24-21(17)35-22/h3-8,15,28H,9-13H2,1-2H3,(H,23,25,29)/t15-/m1/s1. The first-order valence-corrected chi connectivity index (χ1v) is 13.2. The average molecular weight is 536 g/mol. The number of carbonyl (C=O) groups is 1. The van der Waals surface area contributed by atoms with Crippen LogP contribution in [0.2, 0.25) is 0 Å². The fraction of sp³-hybridized carbons (Fsp3) is 0.364. The highest BCUT2D eigenvalue weighted by atomic mass is 32.2. The summed E-state index contributed by atoms with van der Waals surface area (Å²) >= 11 is 1.17. The zero-order valence-corrected chi connectivity index (χ0v) is 21.2. The van der Waals surface area contributed by atoms with Gasteiger partial charge in [0, 0.05) is 31.6 Å². The van der Waals surface area contributed by atoms with Crippen LogP contribution < -0.4 is 10.1 Å². The number of hydrogen-bond acceptors (Lipinski definition) is 11. The van der Waals surface area contributed by atoms with Crippen molar-refractivity contribution >= 4 is 48.5 Å². The van der Waals surface area contributed by atoms with Gasteiger partial charge in [-0.15, -0.1) is 0 Å². The predicted molar refractivity (Wildman–Crippen MR) is 133 cm³/mol. The number of aliphatic hydroxyl groups excluding tert-OH is 1. The molecular formula is C22H25N5O7S2. The van der Waals surface area contributed by atoms with Crippen molar-refractivity contribution in [3.8, 4) is 5.88 Å². The van der Waals surface area contributed by atoms with E-state index in [9.17, 15) is 13.2 Å². The molecule has 0 radical (unpaired) electrons. The summed E-state index contributed by atoms with van der Waals surface area (Å²) in [5.41, 5.74) is 0.881. The number of pyridine rings is 1. The van der Waals surface area contributed by atoms with Gasteiger partial charge in [-0.2, -0.15) is 4.31 Å². The maximum absolute atomic E-state index is 13.2. The molecule has 12 nitrogen and oxygen atoms in total. The van der Waals surface area contributed by atoms with Crippen LogP contribution in [0.1, 0.15) is 12.0 Å². The van der Waals surface area contributed by atoms with Crippen molar-refractivity contribution < 1.29 is 32.6 Å². The number of hydrogen-bond donors (Lipinski definition) is 2. The predicted octanol–water partition coefficient (Wildman–Crippen LogP) is 1.46. The molecule has 1 aromatic carbocycles. The lowest BCUT2D eigenvalue weighted by Crippen LogP contribution is -2.29. The SMILES string of the molecule is COc1ccc2nc(NC(=O)C(=NO[C@@H]3CCOC3)c3ccc(S(=O)(=O)N(C)CCO)cc3)sc2n1. The van der Waals surface area contributed by atoms with Gasteiger partial charge in [-0.3, -0.25) is 10.1 Å². The van der Waals surface area contributed by atoms with Crippen LogP contribution in [-0.2, 0) is 24.4 Å². The van der Waals surface area contributed by atoms with Crippen LogP contribution in [0.4, 0.5) is 5.13 Å². The van der Waals surface area contributed by atoms with Gasteiger partial charge in [-0.1, -0.05) is 28.6 Å². The number of nitrogens with zero attached hydrogens (tertiary/aromatic N) is 4. The number of ether oxygens (including phenoxy) is 2. The third-order valence-electron chi connectivity index (χ3n) is 5.31. The number of benzene rings is 1. The Morgan fingerprint density at radius 2 is 2.06 bits per heavy atom. The van der Waals surface area contributed by atoms with Crippen molar-refractivity contribution in [2.24, 2.45) is 5.16 Å². The second-order valence-corrected chi connectivity index (χ2v) is 10.8. The molecule has 3 aromatic rings. The molecule has 0 spiro atoms. The van der Waals surface area contributed by atoms with E-state index in [-0.39, 0.29) is 29.9 Å². The highest BCUT2D eigenvalue weighted by Gasteiger charge is 2.24. The minimum atomic E-state index is -3.80. The number of methoxy groups -OCH3 is 1. The molecule has 192 valence electrons. The molecule has 0 unspecified atom stereocenters. The van der Waals surface area contributed by atoms with E-state index in [1.165, 1.54) is 49.8 Å². The van der Waals surface area contributed by atoms with E-state index in [1.807, 2.05) is 0 Å². The molecular weight excluding hydrogens is 510 g/mol. The first kappa shape index (κ1) is 25.9. The van der Waals surface area contributed by atoms with Crippen molar-refractivity contribution in [3.63, 3.8) is 0 Å². The lowest BCUT2D eigenvalue weighted by molar-refractivity contribution is -0.110. The second-order valence-electron chi connectivity index (χ2n) is 7.76. The van der Waals surface area contributed by atoms with E-state index in [4.69, 9.17) is 19.4 Å². The van der Waals surface area contributed by atoms with Gasteiger partial charge in [-0.05, 0) is 18.2 Å². The van der Waals surface area contributed by atoms with Gasteiger partial charge in [-0.25, -0.2) is 18.4 Å². The molecule has 2 N–H and O–H groups in total. The van der Waals surface area contributed by atoms with Gasteiger partial charge in [0.25, 0.3) is 5.91 Å². The highest BCUT2D eigenvalue weighted by Crippen LogP contribution is 2.26. The molecule has 2 aromatic heterocycles. The number of fused-ring (bicyclic) bond motifs is 1. The summed E-state index contributed by atoms with van der Waals surface area (Å²) in [4.78, 5) is 28.0. The molecule has 0 aliphatic carbocycles. The first-order chi connectivity index (χ1) is 17.3. The van der Waals surface area contributed by atoms with Crippen LogP contribution in [0.15, 0.2) is 46.4 Å². The van der Waals surface area contributed by atoms with Crippen LogP contribution in [0.25, 0.3) is 10.3 Å². The number of aliphatic hydroxyl groups is 1.